The number of rotatable bonds is 4. The standard InChI is InChI=1S/C15H22N4O4/c1-7-11(18-15(23)16-7)14(22)19-6-5-10(12(19)9-3-4-9)17-13(21)8(2)20/h8-10,12,20H,3-6H2,1-2H3,(H,17,21)(H2,16,18,23)/t8?,10-,12+/m1/s1. The van der Waals surface area contributed by atoms with Crippen LogP contribution in [0.25, 0.3) is 0 Å². The molecule has 126 valence electrons. The quantitative estimate of drug-likeness (QED) is 0.597. The van der Waals surface area contributed by atoms with Gasteiger partial charge in [-0.1, -0.05) is 0 Å². The number of carbonyl (C=O) groups excluding carboxylic acids is 2. The first-order chi connectivity index (χ1) is 10.9. The van der Waals surface area contributed by atoms with Crippen molar-refractivity contribution >= 4 is 11.8 Å². The molecule has 1 aliphatic heterocycles. The molecule has 1 aliphatic carbocycles. The molecule has 3 rings (SSSR count). The maximum Gasteiger partial charge on any atom is 0.323 e. The number of aryl methyl sites for hydroxylation is 1. The number of nitrogens with zero attached hydrogens (tertiary/aromatic N) is 1. The zero-order valence-corrected chi connectivity index (χ0v) is 13.3. The highest BCUT2D eigenvalue weighted by molar-refractivity contribution is 5.94. The number of hydrogen-bond donors (Lipinski definition) is 4. The average molecular weight is 322 g/mol. The number of aromatic nitrogens is 2. The minimum absolute atomic E-state index is 0.0806. The van der Waals surface area contributed by atoms with E-state index in [-0.39, 0.29) is 23.7 Å². The summed E-state index contributed by atoms with van der Waals surface area (Å²) in [5, 5.41) is 12.2. The summed E-state index contributed by atoms with van der Waals surface area (Å²) in [7, 11) is 0. The van der Waals surface area contributed by atoms with Gasteiger partial charge in [-0.05, 0) is 39.0 Å². The number of aliphatic hydroxyl groups is 1. The van der Waals surface area contributed by atoms with Gasteiger partial charge in [0.05, 0.1) is 12.1 Å². The Balaban J connectivity index is 1.80. The van der Waals surface area contributed by atoms with E-state index in [1.807, 2.05) is 0 Å². The first kappa shape index (κ1) is 15.8. The Hall–Kier alpha value is -2.09. The fourth-order valence-electron chi connectivity index (χ4n) is 3.36. The summed E-state index contributed by atoms with van der Waals surface area (Å²) in [6.07, 6.45) is 1.64. The summed E-state index contributed by atoms with van der Waals surface area (Å²) in [5.41, 5.74) is 0.404. The summed E-state index contributed by atoms with van der Waals surface area (Å²) < 4.78 is 0. The third-order valence-electron chi connectivity index (χ3n) is 4.65. The van der Waals surface area contributed by atoms with Crippen LogP contribution >= 0.6 is 0 Å². The monoisotopic (exact) mass is 322 g/mol. The molecule has 0 spiro atoms. The van der Waals surface area contributed by atoms with Crippen molar-refractivity contribution in [2.24, 2.45) is 5.92 Å². The minimum atomic E-state index is -1.07. The smallest absolute Gasteiger partial charge is 0.323 e. The topological polar surface area (TPSA) is 118 Å². The summed E-state index contributed by atoms with van der Waals surface area (Å²) in [4.78, 5) is 42.8. The lowest BCUT2D eigenvalue weighted by atomic mass is 10.0. The van der Waals surface area contributed by atoms with E-state index in [0.29, 0.717) is 24.6 Å². The molecule has 0 radical (unpaired) electrons. The van der Waals surface area contributed by atoms with Gasteiger partial charge in [-0.2, -0.15) is 0 Å². The zero-order chi connectivity index (χ0) is 16.7. The highest BCUT2D eigenvalue weighted by Crippen LogP contribution is 2.40. The third kappa shape index (κ3) is 3.03. The molecule has 8 nitrogen and oxygen atoms in total. The molecule has 1 saturated carbocycles. The Bertz CT molecular complexity index is 673. The molecule has 23 heavy (non-hydrogen) atoms. The van der Waals surface area contributed by atoms with Gasteiger partial charge >= 0.3 is 5.69 Å². The van der Waals surface area contributed by atoms with E-state index < -0.39 is 17.7 Å². The first-order valence-electron chi connectivity index (χ1n) is 7.96. The second-order valence-electron chi connectivity index (χ2n) is 6.49. The molecule has 1 unspecified atom stereocenters. The number of carbonyl (C=O) groups is 2. The second kappa shape index (κ2) is 5.84. The van der Waals surface area contributed by atoms with Crippen LogP contribution in [0.4, 0.5) is 0 Å². The van der Waals surface area contributed by atoms with Gasteiger partial charge in [0.15, 0.2) is 0 Å². The van der Waals surface area contributed by atoms with E-state index in [9.17, 15) is 19.5 Å². The number of aromatic amines is 2. The Morgan fingerprint density at radius 2 is 2.00 bits per heavy atom. The highest BCUT2D eigenvalue weighted by Gasteiger charge is 2.47. The van der Waals surface area contributed by atoms with Crippen molar-refractivity contribution in [1.29, 1.82) is 0 Å². The number of nitrogens with one attached hydrogen (secondary N) is 3. The van der Waals surface area contributed by atoms with Crippen molar-refractivity contribution < 1.29 is 14.7 Å². The van der Waals surface area contributed by atoms with Gasteiger partial charge in [0.25, 0.3) is 5.91 Å². The lowest BCUT2D eigenvalue weighted by Gasteiger charge is -2.29. The lowest BCUT2D eigenvalue weighted by molar-refractivity contribution is -0.129. The maximum atomic E-state index is 12.8. The van der Waals surface area contributed by atoms with E-state index in [4.69, 9.17) is 0 Å². The molecule has 1 aromatic heterocycles. The second-order valence-corrected chi connectivity index (χ2v) is 6.49. The highest BCUT2D eigenvalue weighted by atomic mass is 16.3. The molecule has 0 aromatic carbocycles. The number of hydrogen-bond acceptors (Lipinski definition) is 4. The Labute approximate surface area is 133 Å². The van der Waals surface area contributed by atoms with Crippen LogP contribution in [0.3, 0.4) is 0 Å². The van der Waals surface area contributed by atoms with Crippen LogP contribution in [0.5, 0.6) is 0 Å². The zero-order valence-electron chi connectivity index (χ0n) is 13.3. The minimum Gasteiger partial charge on any atom is -0.384 e. The van der Waals surface area contributed by atoms with E-state index in [0.717, 1.165) is 12.8 Å². The molecule has 2 fully saturated rings. The van der Waals surface area contributed by atoms with E-state index in [1.165, 1.54) is 6.92 Å². The first-order valence-corrected chi connectivity index (χ1v) is 7.96. The van der Waals surface area contributed by atoms with E-state index in [1.54, 1.807) is 11.8 Å². The van der Waals surface area contributed by atoms with E-state index in [2.05, 4.69) is 15.3 Å². The normalized spacial score (nSPS) is 25.4. The lowest BCUT2D eigenvalue weighted by Crippen LogP contribution is -2.50. The molecule has 8 heteroatoms. The molecule has 1 saturated heterocycles. The largest absolute Gasteiger partial charge is 0.384 e. The van der Waals surface area contributed by atoms with Gasteiger partial charge in [0, 0.05) is 12.2 Å². The van der Waals surface area contributed by atoms with Crippen molar-refractivity contribution in [2.45, 2.75) is 51.3 Å². The Kier molecular flexibility index (Phi) is 4.01. The Morgan fingerprint density at radius 3 is 2.52 bits per heavy atom. The van der Waals surface area contributed by atoms with Crippen LogP contribution in [-0.2, 0) is 4.79 Å². The fourth-order valence-corrected chi connectivity index (χ4v) is 3.36. The molecule has 2 amide bonds. The van der Waals surface area contributed by atoms with Crippen LogP contribution in [0, 0.1) is 12.8 Å². The van der Waals surface area contributed by atoms with Crippen LogP contribution in [0.1, 0.15) is 42.4 Å². The predicted molar refractivity (Wildman–Crippen MR) is 81.9 cm³/mol. The summed E-state index contributed by atoms with van der Waals surface area (Å²) in [5.74, 6) is -0.264. The van der Waals surface area contributed by atoms with Crippen molar-refractivity contribution in [3.8, 4) is 0 Å². The number of amides is 2. The number of aliphatic hydroxyl groups excluding tert-OH is 1. The van der Waals surface area contributed by atoms with Crippen molar-refractivity contribution in [1.82, 2.24) is 20.2 Å². The van der Waals surface area contributed by atoms with Crippen molar-refractivity contribution in [3.63, 3.8) is 0 Å². The van der Waals surface area contributed by atoms with Gasteiger partial charge in [-0.15, -0.1) is 0 Å². The molecule has 4 N–H and O–H groups in total. The maximum absolute atomic E-state index is 12.8. The molecule has 2 heterocycles. The third-order valence-corrected chi connectivity index (χ3v) is 4.65. The summed E-state index contributed by atoms with van der Waals surface area (Å²) >= 11 is 0. The van der Waals surface area contributed by atoms with Gasteiger partial charge in [0.1, 0.15) is 11.8 Å². The van der Waals surface area contributed by atoms with Crippen LogP contribution in [0.2, 0.25) is 0 Å². The van der Waals surface area contributed by atoms with Crippen LogP contribution in [0.15, 0.2) is 4.79 Å². The summed E-state index contributed by atoms with van der Waals surface area (Å²) in [6, 6.07) is -0.234. The fraction of sp³-hybridized carbons (Fsp3) is 0.667. The molecule has 2 aliphatic rings. The molecule has 0 bridgehead atoms. The number of imidazole rings is 1. The predicted octanol–water partition coefficient (Wildman–Crippen LogP) is -0.498. The van der Waals surface area contributed by atoms with Gasteiger partial charge in [0.2, 0.25) is 5.91 Å². The average Bonchev–Trinajstić information content (AvgIpc) is 3.15. The molecule has 1 aromatic rings. The van der Waals surface area contributed by atoms with Gasteiger partial charge in [-0.25, -0.2) is 4.79 Å². The number of likely N-dealkylation sites (tertiary alicyclic amines) is 1. The van der Waals surface area contributed by atoms with Crippen LogP contribution in [-0.4, -0.2) is 56.5 Å². The molecular formula is C15H22N4O4. The summed E-state index contributed by atoms with van der Waals surface area (Å²) in [6.45, 7) is 3.63. The van der Waals surface area contributed by atoms with Crippen LogP contribution < -0.4 is 11.0 Å². The van der Waals surface area contributed by atoms with Crippen molar-refractivity contribution in [2.75, 3.05) is 6.54 Å². The van der Waals surface area contributed by atoms with Gasteiger partial charge < -0.3 is 25.3 Å². The molecule has 3 atom stereocenters. The Morgan fingerprint density at radius 1 is 1.30 bits per heavy atom. The van der Waals surface area contributed by atoms with Crippen molar-refractivity contribution in [3.05, 3.63) is 21.9 Å². The molecular weight excluding hydrogens is 300 g/mol. The number of H-pyrrole nitrogens is 2. The van der Waals surface area contributed by atoms with Gasteiger partial charge in [-0.3, -0.25) is 9.59 Å². The SMILES string of the molecule is Cc1[nH]c(=O)[nH]c1C(=O)N1CC[C@@H](NC(=O)C(C)O)[C@@H]1C1CC1. The van der Waals surface area contributed by atoms with E-state index >= 15 is 0 Å².